The lowest BCUT2D eigenvalue weighted by molar-refractivity contribution is -0.00376. The van der Waals surface area contributed by atoms with E-state index in [1.165, 1.54) is 45.6 Å². The van der Waals surface area contributed by atoms with Crippen molar-refractivity contribution in [2.75, 3.05) is 35.0 Å². The van der Waals surface area contributed by atoms with Crippen LogP contribution in [0.5, 0.6) is 34.5 Å². The van der Waals surface area contributed by atoms with Crippen LogP contribution in [0.1, 0.15) is 24.2 Å². The first-order valence-electron chi connectivity index (χ1n) is 9.62. The predicted molar refractivity (Wildman–Crippen MR) is 113 cm³/mol. The van der Waals surface area contributed by atoms with E-state index in [4.69, 9.17) is 23.7 Å². The second kappa shape index (κ2) is 10.9. The van der Waals surface area contributed by atoms with Gasteiger partial charge in [-0.1, -0.05) is 0 Å². The van der Waals surface area contributed by atoms with Gasteiger partial charge in [0, 0.05) is 30.7 Å². The molecule has 172 valence electrons. The summed E-state index contributed by atoms with van der Waals surface area (Å²) in [6, 6.07) is 5.86. The minimum Gasteiger partial charge on any atom is -0.508 e. The fourth-order valence-corrected chi connectivity index (χ4v) is 3.14. The Bertz CT molecular complexity index is 843. The van der Waals surface area contributed by atoms with E-state index in [9.17, 15) is 20.4 Å². The van der Waals surface area contributed by atoms with Crippen LogP contribution in [0.2, 0.25) is 0 Å². The van der Waals surface area contributed by atoms with Crippen molar-refractivity contribution >= 4 is 0 Å². The van der Waals surface area contributed by atoms with E-state index in [0.717, 1.165) is 0 Å². The van der Waals surface area contributed by atoms with E-state index >= 15 is 0 Å². The fraction of sp³-hybridized carbons (Fsp3) is 0.455. The van der Waals surface area contributed by atoms with E-state index in [1.807, 2.05) is 6.92 Å². The van der Waals surface area contributed by atoms with Gasteiger partial charge < -0.3 is 44.1 Å². The minimum atomic E-state index is -1.33. The standard InChI is InChI=1S/C22H30O9/c1-12(27-2)6-13-7-15(24)10-19(30-5)22(13)31-21(16(25)11-23)14-8-17(28-3)20(26)18(9-14)29-4/h7-10,12,16,21,23-26H,6,11H2,1-5H3. The Morgan fingerprint density at radius 1 is 0.871 bits per heavy atom. The number of aromatic hydroxyl groups is 2. The maximum absolute atomic E-state index is 10.5. The lowest BCUT2D eigenvalue weighted by atomic mass is 10.0. The van der Waals surface area contributed by atoms with E-state index in [1.54, 1.807) is 7.11 Å². The summed E-state index contributed by atoms with van der Waals surface area (Å²) in [6.07, 6.45) is -2.21. The normalized spacial score (nSPS) is 13.9. The number of phenols is 2. The molecule has 0 aliphatic carbocycles. The van der Waals surface area contributed by atoms with Gasteiger partial charge in [0.2, 0.25) is 5.75 Å². The van der Waals surface area contributed by atoms with Crippen LogP contribution in [0, 0.1) is 0 Å². The average Bonchev–Trinajstić information content (AvgIpc) is 2.77. The molecular formula is C22H30O9. The summed E-state index contributed by atoms with van der Waals surface area (Å²) in [7, 11) is 5.75. The SMILES string of the molecule is COc1cc(C(Oc2c(CC(C)OC)cc(O)cc2OC)C(O)CO)cc(OC)c1O. The van der Waals surface area contributed by atoms with Crippen molar-refractivity contribution in [1.29, 1.82) is 0 Å². The Morgan fingerprint density at radius 2 is 1.45 bits per heavy atom. The van der Waals surface area contributed by atoms with Crippen LogP contribution in [0.4, 0.5) is 0 Å². The van der Waals surface area contributed by atoms with E-state index in [-0.39, 0.29) is 40.6 Å². The van der Waals surface area contributed by atoms with Crippen molar-refractivity contribution in [2.24, 2.45) is 0 Å². The van der Waals surface area contributed by atoms with Crippen LogP contribution < -0.4 is 18.9 Å². The number of ether oxygens (including phenoxy) is 5. The number of aliphatic hydroxyl groups is 2. The summed E-state index contributed by atoms with van der Waals surface area (Å²) in [6.45, 7) is 1.26. The van der Waals surface area contributed by atoms with Gasteiger partial charge in [0.15, 0.2) is 29.1 Å². The fourth-order valence-electron chi connectivity index (χ4n) is 3.14. The van der Waals surface area contributed by atoms with E-state index in [2.05, 4.69) is 0 Å². The minimum absolute atomic E-state index is 0.0188. The Morgan fingerprint density at radius 3 is 1.94 bits per heavy atom. The molecule has 0 spiro atoms. The monoisotopic (exact) mass is 438 g/mol. The first kappa shape index (κ1) is 24.4. The summed E-state index contributed by atoms with van der Waals surface area (Å²) in [5, 5.41) is 40.5. The quantitative estimate of drug-likeness (QED) is 0.417. The van der Waals surface area contributed by atoms with Gasteiger partial charge in [-0.3, -0.25) is 0 Å². The maximum atomic E-state index is 10.5. The summed E-state index contributed by atoms with van der Waals surface area (Å²) in [5.74, 6) is 0.509. The van der Waals surface area contributed by atoms with Gasteiger partial charge in [0.1, 0.15) is 11.9 Å². The Kier molecular flexibility index (Phi) is 8.61. The highest BCUT2D eigenvalue weighted by atomic mass is 16.5. The Hall–Kier alpha value is -2.88. The molecule has 9 heteroatoms. The predicted octanol–water partition coefficient (Wildman–Crippen LogP) is 2.17. The highest BCUT2D eigenvalue weighted by molar-refractivity contribution is 5.55. The number of hydrogen-bond acceptors (Lipinski definition) is 9. The van der Waals surface area contributed by atoms with Crippen molar-refractivity contribution in [3.8, 4) is 34.5 Å². The molecule has 0 fully saturated rings. The van der Waals surface area contributed by atoms with Crippen molar-refractivity contribution in [2.45, 2.75) is 31.7 Å². The zero-order valence-electron chi connectivity index (χ0n) is 18.3. The molecule has 0 aromatic heterocycles. The van der Waals surface area contributed by atoms with Gasteiger partial charge in [-0.25, -0.2) is 0 Å². The second-order valence-electron chi connectivity index (χ2n) is 6.95. The third kappa shape index (κ3) is 5.63. The lowest BCUT2D eigenvalue weighted by Crippen LogP contribution is -2.28. The molecular weight excluding hydrogens is 408 g/mol. The molecule has 0 saturated carbocycles. The molecule has 2 rings (SSSR count). The number of hydrogen-bond donors (Lipinski definition) is 4. The molecule has 0 radical (unpaired) electrons. The molecule has 3 atom stereocenters. The molecule has 0 heterocycles. The molecule has 0 amide bonds. The molecule has 9 nitrogen and oxygen atoms in total. The van der Waals surface area contributed by atoms with Crippen LogP contribution in [0.25, 0.3) is 0 Å². The largest absolute Gasteiger partial charge is 0.508 e. The van der Waals surface area contributed by atoms with Crippen LogP contribution in [-0.4, -0.2) is 67.7 Å². The van der Waals surface area contributed by atoms with Gasteiger partial charge in [-0.15, -0.1) is 0 Å². The van der Waals surface area contributed by atoms with E-state index < -0.39 is 18.8 Å². The summed E-state index contributed by atoms with van der Waals surface area (Å²) in [4.78, 5) is 0. The maximum Gasteiger partial charge on any atom is 0.200 e. The van der Waals surface area contributed by atoms with Crippen LogP contribution >= 0.6 is 0 Å². The van der Waals surface area contributed by atoms with E-state index in [0.29, 0.717) is 17.5 Å². The molecule has 2 aromatic carbocycles. The smallest absolute Gasteiger partial charge is 0.200 e. The third-order valence-corrected chi connectivity index (χ3v) is 4.86. The van der Waals surface area contributed by atoms with Gasteiger partial charge in [0.25, 0.3) is 0 Å². The van der Waals surface area contributed by atoms with Gasteiger partial charge >= 0.3 is 0 Å². The average molecular weight is 438 g/mol. The molecule has 0 aliphatic rings. The Balaban J connectivity index is 2.60. The summed E-state index contributed by atoms with van der Waals surface area (Å²) < 4.78 is 27.2. The molecule has 0 aliphatic heterocycles. The molecule has 0 bridgehead atoms. The van der Waals surface area contributed by atoms with Gasteiger partial charge in [-0.05, 0) is 25.1 Å². The number of rotatable bonds is 11. The topological polar surface area (TPSA) is 127 Å². The summed E-state index contributed by atoms with van der Waals surface area (Å²) >= 11 is 0. The molecule has 4 N–H and O–H groups in total. The molecule has 3 unspecified atom stereocenters. The molecule has 2 aromatic rings. The first-order chi connectivity index (χ1) is 14.8. The second-order valence-corrected chi connectivity index (χ2v) is 6.95. The number of aliphatic hydroxyl groups excluding tert-OH is 2. The summed E-state index contributed by atoms with van der Waals surface area (Å²) in [5.41, 5.74) is 0.966. The third-order valence-electron chi connectivity index (χ3n) is 4.86. The van der Waals surface area contributed by atoms with Crippen LogP contribution in [-0.2, 0) is 11.2 Å². The van der Waals surface area contributed by atoms with Crippen molar-refractivity contribution in [1.82, 2.24) is 0 Å². The van der Waals surface area contributed by atoms with Crippen molar-refractivity contribution < 1.29 is 44.1 Å². The van der Waals surface area contributed by atoms with Gasteiger partial charge in [0.05, 0.1) is 34.0 Å². The van der Waals surface area contributed by atoms with Crippen molar-refractivity contribution in [3.63, 3.8) is 0 Å². The first-order valence-corrected chi connectivity index (χ1v) is 9.62. The highest BCUT2D eigenvalue weighted by Gasteiger charge is 2.28. The molecule has 0 saturated heterocycles. The number of benzene rings is 2. The van der Waals surface area contributed by atoms with Gasteiger partial charge in [-0.2, -0.15) is 0 Å². The molecule has 31 heavy (non-hydrogen) atoms. The van der Waals surface area contributed by atoms with Crippen LogP contribution in [0.3, 0.4) is 0 Å². The number of phenolic OH excluding ortho intramolecular Hbond substituents is 2. The van der Waals surface area contributed by atoms with Crippen LogP contribution in [0.15, 0.2) is 24.3 Å². The van der Waals surface area contributed by atoms with Crippen molar-refractivity contribution in [3.05, 3.63) is 35.4 Å². The number of methoxy groups -OCH3 is 4. The highest BCUT2D eigenvalue weighted by Crippen LogP contribution is 2.43. The Labute approximate surface area is 181 Å². The zero-order chi connectivity index (χ0) is 23.1. The lowest BCUT2D eigenvalue weighted by Gasteiger charge is -2.27. The zero-order valence-corrected chi connectivity index (χ0v) is 18.3.